The number of amides is 3. The van der Waals surface area contributed by atoms with Crippen molar-refractivity contribution in [3.05, 3.63) is 65.5 Å². The fraction of sp³-hybridized carbons (Fsp3) is 0.385. The van der Waals surface area contributed by atoms with Gasteiger partial charge >= 0.3 is 0 Å². The minimum Gasteiger partial charge on any atom is -0.338 e. The Hall–Kier alpha value is -3.55. The van der Waals surface area contributed by atoms with E-state index in [0.717, 1.165) is 6.42 Å². The predicted octanol–water partition coefficient (Wildman–Crippen LogP) is 4.06. The first-order valence-electron chi connectivity index (χ1n) is 11.6. The first-order valence-corrected chi connectivity index (χ1v) is 11.6. The predicted molar refractivity (Wildman–Crippen MR) is 128 cm³/mol. The van der Waals surface area contributed by atoms with Crippen LogP contribution in [-0.4, -0.2) is 46.4 Å². The van der Waals surface area contributed by atoms with Gasteiger partial charge in [-0.3, -0.25) is 14.4 Å². The van der Waals surface area contributed by atoms with Gasteiger partial charge < -0.3 is 10.2 Å². The van der Waals surface area contributed by atoms with E-state index in [1.807, 2.05) is 4.90 Å². The summed E-state index contributed by atoms with van der Waals surface area (Å²) in [5.74, 6) is -0.264. The molecule has 2 unspecified atom stereocenters. The molecule has 0 saturated carbocycles. The van der Waals surface area contributed by atoms with Crippen LogP contribution in [-0.2, 0) is 16.1 Å². The Labute approximate surface area is 198 Å². The van der Waals surface area contributed by atoms with Crippen molar-refractivity contribution in [1.82, 2.24) is 9.91 Å². The summed E-state index contributed by atoms with van der Waals surface area (Å²) in [6.45, 7) is 5.82. The second-order valence-electron chi connectivity index (χ2n) is 9.28. The fourth-order valence-corrected chi connectivity index (χ4v) is 4.62. The molecule has 0 aliphatic carbocycles. The van der Waals surface area contributed by atoms with E-state index < -0.39 is 5.91 Å². The molecule has 3 amide bonds. The number of rotatable bonds is 5. The molecule has 1 fully saturated rings. The van der Waals surface area contributed by atoms with Crippen molar-refractivity contribution in [3.8, 4) is 0 Å². The van der Waals surface area contributed by atoms with Gasteiger partial charge in [0.2, 0.25) is 5.91 Å². The molecule has 8 heteroatoms. The van der Waals surface area contributed by atoms with Crippen molar-refractivity contribution in [2.75, 3.05) is 18.4 Å². The minimum absolute atomic E-state index is 0.104. The maximum atomic E-state index is 13.3. The van der Waals surface area contributed by atoms with E-state index in [0.29, 0.717) is 41.7 Å². The molecular formula is C26H29FN4O3. The smallest absolute Gasteiger partial charge is 0.271 e. The zero-order chi connectivity index (χ0) is 24.2. The Kier molecular flexibility index (Phi) is 7.05. The first-order chi connectivity index (χ1) is 16.3. The summed E-state index contributed by atoms with van der Waals surface area (Å²) in [6, 6.07) is 12.8. The molecule has 2 aliphatic heterocycles. The van der Waals surface area contributed by atoms with Gasteiger partial charge in [0, 0.05) is 25.9 Å². The lowest BCUT2D eigenvalue weighted by Crippen LogP contribution is -2.43. The average molecular weight is 465 g/mol. The van der Waals surface area contributed by atoms with Crippen molar-refractivity contribution in [2.24, 2.45) is 16.9 Å². The highest BCUT2D eigenvalue weighted by molar-refractivity contribution is 6.43. The number of para-hydroxylation sites is 1. The van der Waals surface area contributed by atoms with E-state index in [1.165, 1.54) is 17.1 Å². The summed E-state index contributed by atoms with van der Waals surface area (Å²) in [4.78, 5) is 40.5. The third-order valence-corrected chi connectivity index (χ3v) is 6.17. The maximum absolute atomic E-state index is 13.3. The van der Waals surface area contributed by atoms with Crippen LogP contribution in [0.4, 0.5) is 10.1 Å². The lowest BCUT2D eigenvalue weighted by molar-refractivity contribution is -0.132. The van der Waals surface area contributed by atoms with Crippen LogP contribution in [0.15, 0.2) is 53.6 Å². The topological polar surface area (TPSA) is 82.1 Å². The van der Waals surface area contributed by atoms with Gasteiger partial charge in [0.25, 0.3) is 11.8 Å². The number of halogens is 1. The fourth-order valence-electron chi connectivity index (χ4n) is 4.62. The monoisotopic (exact) mass is 464 g/mol. The van der Waals surface area contributed by atoms with Crippen LogP contribution >= 0.6 is 0 Å². The molecule has 2 aromatic carbocycles. The molecule has 0 bridgehead atoms. The number of piperidine rings is 1. The quantitative estimate of drug-likeness (QED) is 0.725. The zero-order valence-electron chi connectivity index (χ0n) is 19.5. The molecule has 1 N–H and O–H groups in total. The maximum Gasteiger partial charge on any atom is 0.271 e. The van der Waals surface area contributed by atoms with Crippen LogP contribution in [0.3, 0.4) is 0 Å². The second kappa shape index (κ2) is 10.2. The van der Waals surface area contributed by atoms with Crippen molar-refractivity contribution in [3.63, 3.8) is 0 Å². The SMILES string of the molecule is CC1CC(C)CN(C(=O)c2ccccc2NC(=O)C2=NN(Cc3ccc(F)cc3)C(=O)CC2)C1. The molecule has 34 heavy (non-hydrogen) atoms. The van der Waals surface area contributed by atoms with Crippen LogP contribution in [0.2, 0.25) is 0 Å². The Morgan fingerprint density at radius 1 is 1.03 bits per heavy atom. The van der Waals surface area contributed by atoms with Gasteiger partial charge in [-0.25, -0.2) is 9.40 Å². The Bertz CT molecular complexity index is 1110. The molecule has 7 nitrogen and oxygen atoms in total. The molecule has 1 saturated heterocycles. The number of hydrazone groups is 1. The lowest BCUT2D eigenvalue weighted by Gasteiger charge is -2.35. The van der Waals surface area contributed by atoms with Gasteiger partial charge in [-0.15, -0.1) is 0 Å². The summed E-state index contributed by atoms with van der Waals surface area (Å²) in [5.41, 5.74) is 1.78. The number of carbonyl (C=O) groups is 3. The highest BCUT2D eigenvalue weighted by Gasteiger charge is 2.29. The summed E-state index contributed by atoms with van der Waals surface area (Å²) in [7, 11) is 0. The van der Waals surface area contributed by atoms with Crippen LogP contribution in [0, 0.1) is 17.7 Å². The molecule has 178 valence electrons. The number of hydrogen-bond acceptors (Lipinski definition) is 4. The summed E-state index contributed by atoms with van der Waals surface area (Å²) in [5, 5.41) is 8.32. The van der Waals surface area contributed by atoms with E-state index >= 15 is 0 Å². The minimum atomic E-state index is -0.447. The van der Waals surface area contributed by atoms with Crippen molar-refractivity contribution >= 4 is 29.1 Å². The van der Waals surface area contributed by atoms with Crippen LogP contribution in [0.25, 0.3) is 0 Å². The zero-order valence-corrected chi connectivity index (χ0v) is 19.5. The summed E-state index contributed by atoms with van der Waals surface area (Å²) in [6.07, 6.45) is 1.45. The number of carbonyl (C=O) groups excluding carboxylic acids is 3. The first kappa shape index (κ1) is 23.6. The molecular weight excluding hydrogens is 435 g/mol. The molecule has 2 atom stereocenters. The third-order valence-electron chi connectivity index (χ3n) is 6.17. The number of nitrogens with zero attached hydrogens (tertiary/aromatic N) is 3. The molecule has 2 heterocycles. The molecule has 0 radical (unpaired) electrons. The van der Waals surface area contributed by atoms with Gasteiger partial charge in [0.05, 0.1) is 17.8 Å². The third kappa shape index (κ3) is 5.50. The highest BCUT2D eigenvalue weighted by atomic mass is 19.1. The van der Waals surface area contributed by atoms with E-state index in [1.54, 1.807) is 36.4 Å². The lowest BCUT2D eigenvalue weighted by atomic mass is 9.91. The standard InChI is InChI=1S/C26H29FN4O3/c1-17-13-18(2)15-30(14-17)26(34)21-5-3-4-6-22(21)28-25(33)23-11-12-24(32)31(29-23)16-19-7-9-20(27)10-8-19/h3-10,17-18H,11-16H2,1-2H3,(H,28,33). The Morgan fingerprint density at radius 3 is 2.41 bits per heavy atom. The highest BCUT2D eigenvalue weighted by Crippen LogP contribution is 2.25. The van der Waals surface area contributed by atoms with Gasteiger partial charge in [-0.05, 0) is 48.1 Å². The van der Waals surface area contributed by atoms with E-state index in [9.17, 15) is 18.8 Å². The van der Waals surface area contributed by atoms with Gasteiger partial charge in [0.15, 0.2) is 0 Å². The van der Waals surface area contributed by atoms with Gasteiger partial charge in [-0.1, -0.05) is 38.1 Å². The number of anilines is 1. The average Bonchev–Trinajstić information content (AvgIpc) is 2.81. The number of nitrogens with one attached hydrogen (secondary N) is 1. The van der Waals surface area contributed by atoms with Crippen molar-refractivity contribution in [1.29, 1.82) is 0 Å². The van der Waals surface area contributed by atoms with Crippen molar-refractivity contribution < 1.29 is 18.8 Å². The van der Waals surface area contributed by atoms with E-state index in [-0.39, 0.29) is 42.7 Å². The van der Waals surface area contributed by atoms with E-state index in [2.05, 4.69) is 24.3 Å². The van der Waals surface area contributed by atoms with Crippen LogP contribution in [0.5, 0.6) is 0 Å². The molecule has 4 rings (SSSR count). The number of likely N-dealkylation sites (tertiary alicyclic amines) is 1. The van der Waals surface area contributed by atoms with Gasteiger partial charge in [-0.2, -0.15) is 5.10 Å². The summed E-state index contributed by atoms with van der Waals surface area (Å²) >= 11 is 0. The Balaban J connectivity index is 1.49. The van der Waals surface area contributed by atoms with Crippen molar-refractivity contribution in [2.45, 2.75) is 39.7 Å². The number of hydrogen-bond donors (Lipinski definition) is 1. The van der Waals surface area contributed by atoms with Crippen LogP contribution < -0.4 is 5.32 Å². The largest absolute Gasteiger partial charge is 0.338 e. The Morgan fingerprint density at radius 2 is 1.71 bits per heavy atom. The van der Waals surface area contributed by atoms with Crippen LogP contribution in [0.1, 0.15) is 49.0 Å². The van der Waals surface area contributed by atoms with E-state index in [4.69, 9.17) is 0 Å². The van der Waals surface area contributed by atoms with Gasteiger partial charge in [0.1, 0.15) is 11.5 Å². The molecule has 2 aromatic rings. The molecule has 0 spiro atoms. The second-order valence-corrected chi connectivity index (χ2v) is 9.28. The normalized spacial score (nSPS) is 20.7. The number of benzene rings is 2. The molecule has 0 aromatic heterocycles. The molecule has 2 aliphatic rings. The summed E-state index contributed by atoms with van der Waals surface area (Å²) < 4.78 is 13.2.